The van der Waals surface area contributed by atoms with Gasteiger partial charge in [-0.25, -0.2) is 8.42 Å². The number of aldehydes is 1. The molecule has 1 atom stereocenters. The second-order valence-corrected chi connectivity index (χ2v) is 9.47. The van der Waals surface area contributed by atoms with E-state index in [0.717, 1.165) is 12.8 Å². The van der Waals surface area contributed by atoms with Crippen LogP contribution in [0.5, 0.6) is 0 Å². The lowest BCUT2D eigenvalue weighted by molar-refractivity contribution is -0.136. The van der Waals surface area contributed by atoms with Crippen molar-refractivity contribution in [2.24, 2.45) is 0 Å². The van der Waals surface area contributed by atoms with Gasteiger partial charge in [-0.1, -0.05) is 15.9 Å². The predicted molar refractivity (Wildman–Crippen MR) is 101 cm³/mol. The highest BCUT2D eigenvalue weighted by atomic mass is 79.9. The van der Waals surface area contributed by atoms with E-state index < -0.39 is 16.1 Å². The number of hydrogen-bond acceptors (Lipinski definition) is 5. The third-order valence-corrected chi connectivity index (χ3v) is 7.16. The van der Waals surface area contributed by atoms with Crippen LogP contribution in [-0.4, -0.2) is 61.7 Å². The van der Waals surface area contributed by atoms with Crippen LogP contribution in [0, 0.1) is 0 Å². The molecule has 1 aliphatic carbocycles. The number of ether oxygens (including phenoxy) is 1. The van der Waals surface area contributed by atoms with Gasteiger partial charge in [0.15, 0.2) is 6.29 Å². The summed E-state index contributed by atoms with van der Waals surface area (Å²) in [6, 6.07) is 5.29. The molecule has 1 aliphatic heterocycles. The van der Waals surface area contributed by atoms with Crippen molar-refractivity contribution in [2.45, 2.75) is 29.9 Å². The van der Waals surface area contributed by atoms with Gasteiger partial charge in [-0.15, -0.1) is 0 Å². The van der Waals surface area contributed by atoms with Crippen molar-refractivity contribution < 1.29 is 22.7 Å². The van der Waals surface area contributed by atoms with Crippen LogP contribution in [0.1, 0.15) is 23.3 Å². The fourth-order valence-electron chi connectivity index (χ4n) is 3.17. The number of sulfonamides is 1. The number of halogens is 1. The zero-order valence-electron chi connectivity index (χ0n) is 14.3. The summed E-state index contributed by atoms with van der Waals surface area (Å²) in [5.41, 5.74) is 0.545. The predicted octanol–water partition coefficient (Wildman–Crippen LogP) is 1.41. The molecule has 2 aliphatic rings. The first-order chi connectivity index (χ1) is 12.9. The standard InChI is InChI=1S/C17H18BrN3O5S/c18-10-1-4-13-12(7-10)16(14(9-22)20-13)27(24,25)21-5-6-26-15(8-21)17(23)19-11-2-3-11/h1,4,7,9,11,15,20H,2-3,5-6,8H2,(H,19,23). The summed E-state index contributed by atoms with van der Waals surface area (Å²) in [6.45, 7) is 0.152. The highest BCUT2D eigenvalue weighted by Crippen LogP contribution is 2.31. The lowest BCUT2D eigenvalue weighted by atomic mass is 10.2. The number of carbonyl (C=O) groups is 2. The lowest BCUT2D eigenvalue weighted by Crippen LogP contribution is -2.51. The van der Waals surface area contributed by atoms with Gasteiger partial charge in [-0.3, -0.25) is 9.59 Å². The summed E-state index contributed by atoms with van der Waals surface area (Å²) in [4.78, 5) is 26.5. The summed E-state index contributed by atoms with van der Waals surface area (Å²) >= 11 is 3.33. The molecule has 0 bridgehead atoms. The number of H-pyrrole nitrogens is 1. The van der Waals surface area contributed by atoms with Gasteiger partial charge in [0.25, 0.3) is 5.91 Å². The Kier molecular flexibility index (Phi) is 4.83. The monoisotopic (exact) mass is 455 g/mol. The first kappa shape index (κ1) is 18.6. The van der Waals surface area contributed by atoms with E-state index in [4.69, 9.17) is 4.74 Å². The Bertz CT molecular complexity index is 1010. The molecular formula is C17H18BrN3O5S. The molecule has 1 amide bonds. The Morgan fingerprint density at radius 2 is 2.15 bits per heavy atom. The van der Waals surface area contributed by atoms with Crippen molar-refractivity contribution in [3.8, 4) is 0 Å². The maximum absolute atomic E-state index is 13.3. The molecule has 2 heterocycles. The average molecular weight is 456 g/mol. The SMILES string of the molecule is O=Cc1[nH]c2ccc(Br)cc2c1S(=O)(=O)N1CCOC(C(=O)NC2CC2)C1. The molecule has 4 rings (SSSR count). The third kappa shape index (κ3) is 3.54. The molecule has 8 nitrogen and oxygen atoms in total. The van der Waals surface area contributed by atoms with Crippen LogP contribution in [0.4, 0.5) is 0 Å². The molecule has 0 radical (unpaired) electrons. The Labute approximate surface area is 164 Å². The summed E-state index contributed by atoms with van der Waals surface area (Å²) in [6.07, 6.45) is 1.52. The highest BCUT2D eigenvalue weighted by molar-refractivity contribution is 9.10. The highest BCUT2D eigenvalue weighted by Gasteiger charge is 2.38. The summed E-state index contributed by atoms with van der Waals surface area (Å²) in [7, 11) is -3.99. The van der Waals surface area contributed by atoms with Crippen LogP contribution in [0.15, 0.2) is 27.6 Å². The molecule has 1 saturated heterocycles. The van der Waals surface area contributed by atoms with Crippen LogP contribution in [-0.2, 0) is 19.6 Å². The number of benzene rings is 1. The molecule has 10 heteroatoms. The molecule has 144 valence electrons. The zero-order chi connectivity index (χ0) is 19.2. The van der Waals surface area contributed by atoms with E-state index in [1.54, 1.807) is 18.2 Å². The van der Waals surface area contributed by atoms with Crippen molar-refractivity contribution in [2.75, 3.05) is 19.7 Å². The van der Waals surface area contributed by atoms with Crippen LogP contribution in [0.3, 0.4) is 0 Å². The first-order valence-corrected chi connectivity index (χ1v) is 10.8. The summed E-state index contributed by atoms with van der Waals surface area (Å²) in [5.74, 6) is -0.297. The molecule has 1 saturated carbocycles. The number of morpholine rings is 1. The molecule has 1 unspecified atom stereocenters. The number of aromatic amines is 1. The van der Waals surface area contributed by atoms with Gasteiger partial charge in [-0.05, 0) is 31.0 Å². The fourth-order valence-corrected chi connectivity index (χ4v) is 5.26. The lowest BCUT2D eigenvalue weighted by Gasteiger charge is -2.31. The molecule has 27 heavy (non-hydrogen) atoms. The minimum atomic E-state index is -3.99. The largest absolute Gasteiger partial charge is 0.366 e. The number of nitrogens with zero attached hydrogens (tertiary/aromatic N) is 1. The van der Waals surface area contributed by atoms with E-state index in [1.807, 2.05) is 0 Å². The maximum atomic E-state index is 13.3. The third-order valence-electron chi connectivity index (χ3n) is 4.70. The second-order valence-electron chi connectivity index (χ2n) is 6.68. The Morgan fingerprint density at radius 1 is 1.37 bits per heavy atom. The number of hydrogen-bond donors (Lipinski definition) is 2. The minimum Gasteiger partial charge on any atom is -0.366 e. The molecule has 2 aromatic rings. The first-order valence-electron chi connectivity index (χ1n) is 8.58. The minimum absolute atomic E-state index is 0.00595. The number of rotatable bonds is 5. The van der Waals surface area contributed by atoms with E-state index in [0.29, 0.717) is 21.7 Å². The summed E-state index contributed by atoms with van der Waals surface area (Å²) < 4.78 is 34.0. The van der Waals surface area contributed by atoms with Crippen molar-refractivity contribution in [3.05, 3.63) is 28.4 Å². The zero-order valence-corrected chi connectivity index (χ0v) is 16.7. The molecule has 2 fully saturated rings. The van der Waals surface area contributed by atoms with Crippen LogP contribution in [0.25, 0.3) is 10.9 Å². The number of amides is 1. The molecule has 0 spiro atoms. The van der Waals surface area contributed by atoms with Crippen molar-refractivity contribution in [1.29, 1.82) is 0 Å². The maximum Gasteiger partial charge on any atom is 0.250 e. The van der Waals surface area contributed by atoms with Crippen LogP contribution >= 0.6 is 15.9 Å². The van der Waals surface area contributed by atoms with Gasteiger partial charge in [0.2, 0.25) is 10.0 Å². The molecular weight excluding hydrogens is 438 g/mol. The number of carbonyl (C=O) groups excluding carboxylic acids is 2. The smallest absolute Gasteiger partial charge is 0.250 e. The van der Waals surface area contributed by atoms with E-state index in [-0.39, 0.29) is 42.2 Å². The van der Waals surface area contributed by atoms with E-state index in [9.17, 15) is 18.0 Å². The molecule has 2 N–H and O–H groups in total. The quantitative estimate of drug-likeness (QED) is 0.662. The fraction of sp³-hybridized carbons (Fsp3) is 0.412. The second kappa shape index (κ2) is 7.01. The van der Waals surface area contributed by atoms with Crippen molar-refractivity contribution in [3.63, 3.8) is 0 Å². The van der Waals surface area contributed by atoms with Gasteiger partial charge >= 0.3 is 0 Å². The Morgan fingerprint density at radius 3 is 2.85 bits per heavy atom. The van der Waals surface area contributed by atoms with E-state index in [1.165, 1.54) is 4.31 Å². The summed E-state index contributed by atoms with van der Waals surface area (Å²) in [5, 5.41) is 3.26. The molecule has 1 aromatic carbocycles. The van der Waals surface area contributed by atoms with Crippen LogP contribution < -0.4 is 5.32 Å². The van der Waals surface area contributed by atoms with Gasteiger partial charge in [0, 0.05) is 34.5 Å². The van der Waals surface area contributed by atoms with Gasteiger partial charge < -0.3 is 15.0 Å². The van der Waals surface area contributed by atoms with Crippen molar-refractivity contribution >= 4 is 49.0 Å². The Balaban J connectivity index is 1.68. The van der Waals surface area contributed by atoms with E-state index in [2.05, 4.69) is 26.2 Å². The number of nitrogens with one attached hydrogen (secondary N) is 2. The normalized spacial score (nSPS) is 21.3. The number of fused-ring (bicyclic) bond motifs is 1. The van der Waals surface area contributed by atoms with Gasteiger partial charge in [0.1, 0.15) is 11.0 Å². The average Bonchev–Trinajstić information content (AvgIpc) is 3.38. The van der Waals surface area contributed by atoms with Gasteiger partial charge in [0.05, 0.1) is 12.3 Å². The molecule has 1 aromatic heterocycles. The number of aromatic nitrogens is 1. The van der Waals surface area contributed by atoms with E-state index >= 15 is 0 Å². The topological polar surface area (TPSA) is 109 Å². The van der Waals surface area contributed by atoms with Crippen molar-refractivity contribution in [1.82, 2.24) is 14.6 Å². The van der Waals surface area contributed by atoms with Gasteiger partial charge in [-0.2, -0.15) is 4.31 Å². The Hall–Kier alpha value is -1.75. The van der Waals surface area contributed by atoms with Crippen LogP contribution in [0.2, 0.25) is 0 Å².